The minimum Gasteiger partial charge on any atom is -0.351 e. The number of carbonyl (C=O) groups excluding carboxylic acids is 1. The number of carbonyl (C=O) groups is 1. The van der Waals surface area contributed by atoms with E-state index in [2.05, 4.69) is 64.2 Å². The standard InChI is InChI=1S/C18H29NO/c1-6-9-14(2)12-17(20)19-18(4,5)13-16-11-8-7-10-15(16)3/h7-8,10-11,14H,6,9,12-13H2,1-5H3,(H,19,20). The Hall–Kier alpha value is -1.31. The van der Waals surface area contributed by atoms with Crippen LogP contribution < -0.4 is 5.32 Å². The van der Waals surface area contributed by atoms with Gasteiger partial charge in [-0.05, 0) is 44.2 Å². The molecule has 1 rings (SSSR count). The molecule has 0 bridgehead atoms. The van der Waals surface area contributed by atoms with Crippen molar-refractivity contribution in [2.24, 2.45) is 5.92 Å². The molecular formula is C18H29NO. The monoisotopic (exact) mass is 275 g/mol. The average Bonchev–Trinajstić information content (AvgIpc) is 2.31. The molecule has 20 heavy (non-hydrogen) atoms. The summed E-state index contributed by atoms with van der Waals surface area (Å²) in [5, 5.41) is 3.18. The zero-order chi connectivity index (χ0) is 15.2. The van der Waals surface area contributed by atoms with Crippen LogP contribution >= 0.6 is 0 Å². The maximum atomic E-state index is 12.1. The Bertz CT molecular complexity index is 437. The van der Waals surface area contributed by atoms with Crippen LogP contribution in [0.1, 0.15) is 58.1 Å². The van der Waals surface area contributed by atoms with Crippen LogP contribution in [-0.4, -0.2) is 11.4 Å². The van der Waals surface area contributed by atoms with Crippen molar-refractivity contribution in [2.45, 2.75) is 65.8 Å². The van der Waals surface area contributed by atoms with Gasteiger partial charge in [-0.1, -0.05) is 51.0 Å². The lowest BCUT2D eigenvalue weighted by Gasteiger charge is -2.28. The first-order chi connectivity index (χ1) is 9.34. The van der Waals surface area contributed by atoms with Crippen LogP contribution in [0, 0.1) is 12.8 Å². The molecule has 0 heterocycles. The number of nitrogens with one attached hydrogen (secondary N) is 1. The molecule has 0 aromatic heterocycles. The highest BCUT2D eigenvalue weighted by Gasteiger charge is 2.22. The van der Waals surface area contributed by atoms with Gasteiger partial charge >= 0.3 is 0 Å². The Morgan fingerprint density at radius 3 is 2.55 bits per heavy atom. The van der Waals surface area contributed by atoms with Gasteiger partial charge in [0.1, 0.15) is 0 Å². The third kappa shape index (κ3) is 5.77. The topological polar surface area (TPSA) is 29.1 Å². The number of amides is 1. The van der Waals surface area contributed by atoms with Crippen molar-refractivity contribution < 1.29 is 4.79 Å². The minimum atomic E-state index is -0.199. The van der Waals surface area contributed by atoms with Gasteiger partial charge in [-0.15, -0.1) is 0 Å². The van der Waals surface area contributed by atoms with Crippen LogP contribution in [0.15, 0.2) is 24.3 Å². The van der Waals surface area contributed by atoms with Crippen molar-refractivity contribution in [1.82, 2.24) is 5.32 Å². The quantitative estimate of drug-likeness (QED) is 0.791. The average molecular weight is 275 g/mol. The number of hydrogen-bond donors (Lipinski definition) is 1. The summed E-state index contributed by atoms with van der Waals surface area (Å²) in [6.45, 7) is 10.6. The molecule has 2 heteroatoms. The van der Waals surface area contributed by atoms with Crippen molar-refractivity contribution in [3.8, 4) is 0 Å². The first kappa shape index (κ1) is 16.7. The number of aryl methyl sites for hydroxylation is 1. The van der Waals surface area contributed by atoms with Crippen LogP contribution in [0.3, 0.4) is 0 Å². The molecule has 0 aliphatic heterocycles. The third-order valence-electron chi connectivity index (χ3n) is 3.69. The number of hydrogen-bond acceptors (Lipinski definition) is 1. The molecule has 0 saturated carbocycles. The fraction of sp³-hybridized carbons (Fsp3) is 0.611. The van der Waals surface area contributed by atoms with E-state index in [-0.39, 0.29) is 11.4 Å². The van der Waals surface area contributed by atoms with E-state index in [0.717, 1.165) is 19.3 Å². The fourth-order valence-electron chi connectivity index (χ4n) is 2.67. The Morgan fingerprint density at radius 1 is 1.30 bits per heavy atom. The molecule has 112 valence electrons. The van der Waals surface area contributed by atoms with Crippen molar-refractivity contribution in [2.75, 3.05) is 0 Å². The van der Waals surface area contributed by atoms with Crippen LogP contribution in [0.25, 0.3) is 0 Å². The van der Waals surface area contributed by atoms with Crippen molar-refractivity contribution in [3.05, 3.63) is 35.4 Å². The van der Waals surface area contributed by atoms with Crippen molar-refractivity contribution in [1.29, 1.82) is 0 Å². The van der Waals surface area contributed by atoms with Gasteiger partial charge in [0.2, 0.25) is 5.91 Å². The molecule has 1 unspecified atom stereocenters. The van der Waals surface area contributed by atoms with Crippen LogP contribution in [0.5, 0.6) is 0 Å². The van der Waals surface area contributed by atoms with E-state index < -0.39 is 0 Å². The lowest BCUT2D eigenvalue weighted by molar-refractivity contribution is -0.123. The Labute approximate surface area is 124 Å². The van der Waals surface area contributed by atoms with Gasteiger partial charge in [0, 0.05) is 12.0 Å². The van der Waals surface area contributed by atoms with E-state index in [0.29, 0.717) is 12.3 Å². The highest BCUT2D eigenvalue weighted by atomic mass is 16.1. The molecular weight excluding hydrogens is 246 g/mol. The molecule has 0 spiro atoms. The van der Waals surface area contributed by atoms with Crippen LogP contribution in [0.2, 0.25) is 0 Å². The smallest absolute Gasteiger partial charge is 0.220 e. The van der Waals surface area contributed by atoms with E-state index in [1.165, 1.54) is 11.1 Å². The summed E-state index contributed by atoms with van der Waals surface area (Å²) >= 11 is 0. The predicted octanol–water partition coefficient (Wildman–Crippen LogP) is 4.26. The summed E-state index contributed by atoms with van der Waals surface area (Å²) < 4.78 is 0. The highest BCUT2D eigenvalue weighted by molar-refractivity contribution is 5.77. The van der Waals surface area contributed by atoms with Gasteiger partial charge in [0.25, 0.3) is 0 Å². The lowest BCUT2D eigenvalue weighted by Crippen LogP contribution is -2.45. The normalized spacial score (nSPS) is 13.1. The zero-order valence-electron chi connectivity index (χ0n) is 13.6. The summed E-state index contributed by atoms with van der Waals surface area (Å²) in [6, 6.07) is 8.37. The van der Waals surface area contributed by atoms with E-state index in [1.54, 1.807) is 0 Å². The maximum Gasteiger partial charge on any atom is 0.220 e. The van der Waals surface area contributed by atoms with Gasteiger partial charge in [0.05, 0.1) is 0 Å². The highest BCUT2D eigenvalue weighted by Crippen LogP contribution is 2.17. The molecule has 1 atom stereocenters. The lowest BCUT2D eigenvalue weighted by atomic mass is 9.91. The summed E-state index contributed by atoms with van der Waals surface area (Å²) in [5.74, 6) is 0.638. The summed E-state index contributed by atoms with van der Waals surface area (Å²) in [6.07, 6.45) is 3.76. The molecule has 1 aromatic rings. The van der Waals surface area contributed by atoms with Gasteiger partial charge in [-0.25, -0.2) is 0 Å². The SMILES string of the molecule is CCCC(C)CC(=O)NC(C)(C)Cc1ccccc1C. The molecule has 0 saturated heterocycles. The van der Waals surface area contributed by atoms with Crippen LogP contribution in [0.4, 0.5) is 0 Å². The molecule has 0 aliphatic rings. The van der Waals surface area contributed by atoms with Crippen molar-refractivity contribution in [3.63, 3.8) is 0 Å². The number of rotatable bonds is 7. The predicted molar refractivity (Wildman–Crippen MR) is 85.8 cm³/mol. The molecule has 1 N–H and O–H groups in total. The van der Waals surface area contributed by atoms with Gasteiger partial charge < -0.3 is 5.32 Å². The van der Waals surface area contributed by atoms with E-state index in [9.17, 15) is 4.79 Å². The molecule has 2 nitrogen and oxygen atoms in total. The second kappa shape index (κ2) is 7.47. The first-order valence-corrected chi connectivity index (χ1v) is 7.69. The van der Waals surface area contributed by atoms with Crippen molar-refractivity contribution >= 4 is 5.91 Å². The fourth-order valence-corrected chi connectivity index (χ4v) is 2.67. The largest absolute Gasteiger partial charge is 0.351 e. The zero-order valence-corrected chi connectivity index (χ0v) is 13.6. The number of benzene rings is 1. The van der Waals surface area contributed by atoms with Gasteiger partial charge in [-0.3, -0.25) is 4.79 Å². The Kier molecular flexibility index (Phi) is 6.25. The van der Waals surface area contributed by atoms with E-state index >= 15 is 0 Å². The summed E-state index contributed by atoms with van der Waals surface area (Å²) in [4.78, 5) is 12.1. The first-order valence-electron chi connectivity index (χ1n) is 7.69. The molecule has 0 fully saturated rings. The van der Waals surface area contributed by atoms with Gasteiger partial charge in [0.15, 0.2) is 0 Å². The van der Waals surface area contributed by atoms with E-state index in [1.807, 2.05) is 0 Å². The molecule has 0 aliphatic carbocycles. The maximum absolute atomic E-state index is 12.1. The van der Waals surface area contributed by atoms with Gasteiger partial charge in [-0.2, -0.15) is 0 Å². The third-order valence-corrected chi connectivity index (χ3v) is 3.69. The Morgan fingerprint density at radius 2 is 1.95 bits per heavy atom. The molecule has 1 amide bonds. The summed E-state index contributed by atoms with van der Waals surface area (Å²) in [7, 11) is 0. The molecule has 0 radical (unpaired) electrons. The summed E-state index contributed by atoms with van der Waals surface area (Å²) in [5.41, 5.74) is 2.39. The van der Waals surface area contributed by atoms with E-state index in [4.69, 9.17) is 0 Å². The molecule has 1 aromatic carbocycles. The van der Waals surface area contributed by atoms with Crippen LogP contribution in [-0.2, 0) is 11.2 Å². The Balaban J connectivity index is 2.57. The second-order valence-electron chi connectivity index (χ2n) is 6.63. The minimum absolute atomic E-state index is 0.171. The second-order valence-corrected chi connectivity index (χ2v) is 6.63.